The molecule has 0 aliphatic carbocycles. The third kappa shape index (κ3) is 13.9. The molecule has 8 nitrogen and oxygen atoms in total. The number of hydrogen-bond acceptors (Lipinski definition) is 7. The molecule has 2 saturated heterocycles. The molecule has 2 aromatic heterocycles. The first-order valence-corrected chi connectivity index (χ1v) is 33.4. The van der Waals surface area contributed by atoms with Gasteiger partial charge in [-0.05, 0) is 107 Å². The van der Waals surface area contributed by atoms with E-state index in [0.29, 0.717) is 57.2 Å². The number of morpholine rings is 1. The molecule has 2 aliphatic rings. The molecule has 0 bridgehead atoms. The van der Waals surface area contributed by atoms with Gasteiger partial charge in [-0.2, -0.15) is 0 Å². The van der Waals surface area contributed by atoms with E-state index in [9.17, 15) is 8.42 Å². The molecule has 0 unspecified atom stereocenters. The molecular weight excluding hydrogens is 1120 g/mol. The van der Waals surface area contributed by atoms with Crippen LogP contribution in [-0.4, -0.2) is 67.5 Å². The van der Waals surface area contributed by atoms with Crippen molar-refractivity contribution < 1.29 is 29.1 Å². The molecule has 11 rings (SSSR count). The van der Waals surface area contributed by atoms with Gasteiger partial charge >= 0.3 is 35.0 Å². The number of aromatic amines is 1. The van der Waals surface area contributed by atoms with Crippen molar-refractivity contribution in [2.75, 3.05) is 37.7 Å². The van der Waals surface area contributed by atoms with Crippen LogP contribution in [0.25, 0.3) is 22.3 Å². The topological polar surface area (TPSA) is 100 Å². The van der Waals surface area contributed by atoms with Gasteiger partial charge in [-0.3, -0.25) is 0 Å². The van der Waals surface area contributed by atoms with Crippen molar-refractivity contribution in [1.29, 1.82) is 0 Å². The van der Waals surface area contributed by atoms with Gasteiger partial charge in [0.1, 0.15) is 10.6 Å². The van der Waals surface area contributed by atoms with E-state index in [2.05, 4.69) is 204 Å². The van der Waals surface area contributed by atoms with Gasteiger partial charge in [0.15, 0.2) is 15.7 Å². The first-order valence-electron chi connectivity index (χ1n) is 25.1. The van der Waals surface area contributed by atoms with Gasteiger partial charge < -0.3 is 19.9 Å². The van der Waals surface area contributed by atoms with Gasteiger partial charge in [0.2, 0.25) is 0 Å². The van der Waals surface area contributed by atoms with Gasteiger partial charge in [0.05, 0.1) is 30.2 Å². The van der Waals surface area contributed by atoms with E-state index in [4.69, 9.17) is 33.8 Å². The number of nitrogens with zero attached hydrogens (tertiary/aromatic N) is 3. The number of ether oxygens (including phenoxy) is 1. The van der Waals surface area contributed by atoms with Gasteiger partial charge in [-0.15, -0.1) is 0 Å². The number of hydrogen-bond donors (Lipinski definition) is 2. The van der Waals surface area contributed by atoms with Crippen LogP contribution in [0.15, 0.2) is 219 Å². The predicted octanol–water partition coefficient (Wildman–Crippen LogP) is 11.5. The van der Waals surface area contributed by atoms with Crippen LogP contribution in [0.5, 0.6) is 0 Å². The van der Waals surface area contributed by atoms with Crippen LogP contribution in [0.1, 0.15) is 39.3 Å². The summed E-state index contributed by atoms with van der Waals surface area (Å²) in [6.45, 7) is 8.87. The minimum absolute atomic E-state index is 0.106. The number of aromatic nitrogens is 3. The minimum Gasteiger partial charge on any atom is -0.0622 e. The Labute approximate surface area is 462 Å². The molecule has 2 aliphatic heterocycles. The molecule has 390 valence electrons. The number of H-pyrrole nitrogens is 1. The number of benzene rings is 7. The Kier molecular flexibility index (Phi) is 20.8. The zero-order valence-corrected chi connectivity index (χ0v) is 48.0. The van der Waals surface area contributed by atoms with Crippen molar-refractivity contribution in [3.05, 3.63) is 224 Å². The summed E-state index contributed by atoms with van der Waals surface area (Å²) in [6, 6.07) is 74.7. The van der Waals surface area contributed by atoms with Crippen molar-refractivity contribution >= 4 is 93.3 Å². The van der Waals surface area contributed by atoms with Gasteiger partial charge in [0, 0.05) is 35.3 Å². The van der Waals surface area contributed by atoms with Crippen LogP contribution >= 0.6 is 34.9 Å². The van der Waals surface area contributed by atoms with Crippen LogP contribution in [0.2, 0.25) is 0 Å². The quantitative estimate of drug-likeness (QED) is 0.0983. The molecule has 0 saturated carbocycles. The summed E-state index contributed by atoms with van der Waals surface area (Å²) >= 11 is -0.106. The molecule has 1 atom stereocenters. The van der Waals surface area contributed by atoms with Crippen molar-refractivity contribution in [2.24, 2.45) is 0 Å². The van der Waals surface area contributed by atoms with Crippen molar-refractivity contribution in [2.45, 2.75) is 49.7 Å². The van der Waals surface area contributed by atoms with Gasteiger partial charge in [-0.25, -0.2) is 18.4 Å². The largest absolute Gasteiger partial charge is 0.0622 e. The summed E-state index contributed by atoms with van der Waals surface area (Å²) in [4.78, 5) is 15.5. The summed E-state index contributed by atoms with van der Waals surface area (Å²) < 4.78 is 32.3. The molecule has 0 amide bonds. The molecular formula is C61H63Cl2N5O3P2PdS. The molecule has 0 radical (unpaired) electrons. The Morgan fingerprint density at radius 3 is 1.45 bits per heavy atom. The first-order chi connectivity index (χ1) is 36.6. The van der Waals surface area contributed by atoms with E-state index >= 15 is 0 Å². The standard InChI is InChI=1S/C25H33N5O3S.2C18H15P.2ClH.Pd/c1-17(2)34(31,32)25(8-11-26-12-9-25)22-15-23(30-13-14-33-16-18(30)3)29-24(28-22)20-5-4-6-21-19(20)7-10-27-21;2*1-4-10-16(11-5-1)19(17-12-6-2-7-13-17)18-14-8-3-9-15-18;;;/h4-7,10,15,17-18,26-27H,8-9,11-14,16H2,1-3H3;2*1-15H;2*1H;/q;;;;;+2/p-2/t18-;;;;;/m1...../s1. The van der Waals surface area contributed by atoms with E-state index in [1.165, 1.54) is 31.8 Å². The number of halogens is 2. The van der Waals surface area contributed by atoms with Crippen LogP contribution < -0.4 is 42.0 Å². The zero-order valence-electron chi connectivity index (χ0n) is 42.3. The number of fused-ring (bicyclic) bond motifs is 1. The Balaban J connectivity index is 0.000000155. The molecule has 7 aromatic carbocycles. The monoisotopic (exact) mass is 1180 g/mol. The van der Waals surface area contributed by atoms with Crippen molar-refractivity contribution in [1.82, 2.24) is 20.3 Å². The van der Waals surface area contributed by atoms with Crippen LogP contribution in [0.4, 0.5) is 5.82 Å². The van der Waals surface area contributed by atoms with E-state index in [1.54, 1.807) is 13.8 Å². The zero-order chi connectivity index (χ0) is 52.5. The fraction of sp³-hybridized carbons (Fsp3) is 0.213. The fourth-order valence-electron chi connectivity index (χ4n) is 9.61. The maximum absolute atomic E-state index is 13.9. The second-order valence-corrected chi connectivity index (χ2v) is 28.0. The minimum atomic E-state index is -3.49. The van der Waals surface area contributed by atoms with Gasteiger partial charge in [0.25, 0.3) is 0 Å². The normalized spacial score (nSPS) is 15.3. The van der Waals surface area contributed by atoms with E-state index in [-0.39, 0.29) is 22.0 Å². The Morgan fingerprint density at radius 2 is 1.05 bits per heavy atom. The predicted molar refractivity (Wildman–Crippen MR) is 317 cm³/mol. The third-order valence-electron chi connectivity index (χ3n) is 13.3. The summed E-state index contributed by atoms with van der Waals surface area (Å²) in [5, 5.41) is 12.2. The molecule has 9 aromatic rings. The maximum Gasteiger partial charge on any atom is -0.0134 e. The van der Waals surface area contributed by atoms with Crippen molar-refractivity contribution in [3.63, 3.8) is 0 Å². The average Bonchev–Trinajstić information content (AvgIpc) is 3.96. The third-order valence-corrected chi connectivity index (χ3v) is 21.2. The van der Waals surface area contributed by atoms with E-state index in [0.717, 1.165) is 22.3 Å². The average molecular weight is 1190 g/mol. The number of nitrogens with one attached hydrogen (secondary N) is 2. The van der Waals surface area contributed by atoms with Crippen LogP contribution in [0.3, 0.4) is 0 Å². The van der Waals surface area contributed by atoms with Crippen LogP contribution in [-0.2, 0) is 35.3 Å². The number of anilines is 1. The van der Waals surface area contributed by atoms with E-state index < -0.39 is 35.7 Å². The second kappa shape index (κ2) is 27.8. The van der Waals surface area contributed by atoms with Crippen LogP contribution in [0, 0.1) is 0 Å². The molecule has 75 heavy (non-hydrogen) atoms. The van der Waals surface area contributed by atoms with Gasteiger partial charge in [-0.1, -0.05) is 194 Å². The maximum atomic E-state index is 13.9. The Morgan fingerprint density at radius 1 is 0.627 bits per heavy atom. The summed E-state index contributed by atoms with van der Waals surface area (Å²) in [7, 11) is 5.25. The van der Waals surface area contributed by atoms with E-state index in [1.807, 2.05) is 36.5 Å². The Bertz CT molecular complexity index is 2930. The second-order valence-electron chi connectivity index (χ2n) is 18.4. The number of rotatable bonds is 11. The molecule has 2 N–H and O–H groups in total. The molecule has 14 heteroatoms. The molecule has 4 heterocycles. The summed E-state index contributed by atoms with van der Waals surface area (Å²) in [5.74, 6) is 1.33. The number of piperidine rings is 1. The number of sulfone groups is 1. The fourth-order valence-corrected chi connectivity index (χ4v) is 16.3. The molecule has 0 spiro atoms. The molecule has 2 fully saturated rings. The van der Waals surface area contributed by atoms with Crippen molar-refractivity contribution in [3.8, 4) is 11.4 Å². The summed E-state index contributed by atoms with van der Waals surface area (Å²) in [6.07, 6.45) is 2.90. The summed E-state index contributed by atoms with van der Waals surface area (Å²) in [5.41, 5.74) is 2.50. The Hall–Kier alpha value is -5.07. The SMILES string of the molecule is CC(C)S(=O)(=O)C1(c2cc(N3CCOC[C@H]3C)nc(-c3cccc4[nH]ccc34)n2)CCNCC1.[Cl][Pd][Cl].c1ccc(P(c2ccccc2)c2ccccc2)cc1.c1ccc(P(c2ccccc2)c2ccccc2)cc1. The first kappa shape index (κ1) is 56.1. The smallest absolute Gasteiger partial charge is 0.0134 e.